The number of piperidine rings is 1. The van der Waals surface area contributed by atoms with Crippen LogP contribution in [0, 0.1) is 6.92 Å². The van der Waals surface area contributed by atoms with Crippen LogP contribution in [0.2, 0.25) is 0 Å². The number of para-hydroxylation sites is 1. The van der Waals surface area contributed by atoms with Gasteiger partial charge in [-0.3, -0.25) is 9.69 Å². The summed E-state index contributed by atoms with van der Waals surface area (Å²) < 4.78 is 0. The first kappa shape index (κ1) is 18.5. The molecule has 2 aromatic rings. The van der Waals surface area contributed by atoms with Crippen LogP contribution in [0.3, 0.4) is 0 Å². The van der Waals surface area contributed by atoms with Gasteiger partial charge in [-0.25, -0.2) is 0 Å². The Balaban J connectivity index is 1.34. The number of amides is 1. The molecular formula is C23H33N3O. The molecule has 1 aromatic heterocycles. The molecule has 146 valence electrons. The molecule has 0 bridgehead atoms. The third kappa shape index (κ3) is 4.21. The van der Waals surface area contributed by atoms with E-state index in [9.17, 15) is 4.79 Å². The number of nitrogens with one attached hydrogen (secondary N) is 1. The first-order chi connectivity index (χ1) is 13.2. The molecule has 2 aliphatic heterocycles. The summed E-state index contributed by atoms with van der Waals surface area (Å²) in [6, 6.07) is 8.65. The van der Waals surface area contributed by atoms with Gasteiger partial charge < -0.3 is 9.88 Å². The zero-order chi connectivity index (χ0) is 18.6. The van der Waals surface area contributed by atoms with E-state index in [1.165, 1.54) is 54.3 Å². The molecule has 4 nitrogen and oxygen atoms in total. The van der Waals surface area contributed by atoms with E-state index in [2.05, 4.69) is 46.0 Å². The fraction of sp³-hybridized carbons (Fsp3) is 0.609. The van der Waals surface area contributed by atoms with Crippen molar-refractivity contribution in [2.45, 2.75) is 57.8 Å². The van der Waals surface area contributed by atoms with Gasteiger partial charge in [-0.05, 0) is 63.2 Å². The zero-order valence-corrected chi connectivity index (χ0v) is 16.7. The highest BCUT2D eigenvalue weighted by Crippen LogP contribution is 2.35. The average Bonchev–Trinajstić information content (AvgIpc) is 2.98. The molecule has 4 rings (SSSR count). The van der Waals surface area contributed by atoms with E-state index in [4.69, 9.17) is 0 Å². The molecule has 4 heteroatoms. The second-order valence-corrected chi connectivity index (χ2v) is 8.41. The fourth-order valence-electron chi connectivity index (χ4n) is 4.99. The molecule has 0 aliphatic carbocycles. The maximum atomic E-state index is 12.7. The topological polar surface area (TPSA) is 39.3 Å². The number of hydrogen-bond acceptors (Lipinski definition) is 2. The normalized spacial score (nSPS) is 20.6. The Morgan fingerprint density at radius 1 is 1.00 bits per heavy atom. The van der Waals surface area contributed by atoms with E-state index in [1.54, 1.807) is 0 Å². The lowest BCUT2D eigenvalue weighted by Gasteiger charge is -2.34. The van der Waals surface area contributed by atoms with Crippen LogP contribution in [0.1, 0.15) is 62.1 Å². The van der Waals surface area contributed by atoms with Gasteiger partial charge in [0, 0.05) is 29.7 Å². The van der Waals surface area contributed by atoms with Crippen LogP contribution in [-0.2, 0) is 4.79 Å². The summed E-state index contributed by atoms with van der Waals surface area (Å²) in [7, 11) is 0. The third-order valence-corrected chi connectivity index (χ3v) is 6.51. The minimum atomic E-state index is 0.346. The van der Waals surface area contributed by atoms with Gasteiger partial charge in [0.1, 0.15) is 0 Å². The predicted molar refractivity (Wildman–Crippen MR) is 111 cm³/mol. The van der Waals surface area contributed by atoms with Gasteiger partial charge in [0.2, 0.25) is 5.91 Å². The van der Waals surface area contributed by atoms with Crippen LogP contribution in [0.4, 0.5) is 0 Å². The van der Waals surface area contributed by atoms with E-state index >= 15 is 0 Å². The molecule has 0 spiro atoms. The number of H-pyrrole nitrogens is 1. The van der Waals surface area contributed by atoms with E-state index < -0.39 is 0 Å². The highest BCUT2D eigenvalue weighted by molar-refractivity contribution is 5.85. The molecule has 1 N–H and O–H groups in total. The van der Waals surface area contributed by atoms with Crippen LogP contribution in [0.5, 0.6) is 0 Å². The molecule has 0 atom stereocenters. The molecule has 27 heavy (non-hydrogen) atoms. The van der Waals surface area contributed by atoms with Gasteiger partial charge in [-0.15, -0.1) is 0 Å². The lowest BCUT2D eigenvalue weighted by atomic mass is 9.87. The molecular weight excluding hydrogens is 334 g/mol. The summed E-state index contributed by atoms with van der Waals surface area (Å²) in [5.74, 6) is 0.952. The first-order valence-electron chi connectivity index (χ1n) is 10.8. The Morgan fingerprint density at radius 3 is 2.41 bits per heavy atom. The van der Waals surface area contributed by atoms with Gasteiger partial charge in [-0.2, -0.15) is 0 Å². The van der Waals surface area contributed by atoms with Crippen molar-refractivity contribution >= 4 is 16.8 Å². The monoisotopic (exact) mass is 367 g/mol. The van der Waals surface area contributed by atoms with Crippen molar-refractivity contribution in [2.75, 3.05) is 32.7 Å². The smallest absolute Gasteiger partial charge is 0.236 e. The van der Waals surface area contributed by atoms with Crippen LogP contribution in [0.15, 0.2) is 24.3 Å². The largest absolute Gasteiger partial charge is 0.358 e. The molecule has 1 aromatic carbocycles. The van der Waals surface area contributed by atoms with E-state index in [-0.39, 0.29) is 0 Å². The number of rotatable bonds is 3. The summed E-state index contributed by atoms with van der Waals surface area (Å²) in [6.07, 6.45) is 8.54. The number of fused-ring (bicyclic) bond motifs is 1. The minimum Gasteiger partial charge on any atom is -0.358 e. The number of aromatic nitrogens is 1. The number of hydrogen-bond donors (Lipinski definition) is 1. The Morgan fingerprint density at radius 2 is 1.67 bits per heavy atom. The molecule has 0 unspecified atom stereocenters. The Labute approximate surface area is 162 Å². The molecule has 2 aliphatic rings. The number of nitrogens with zero attached hydrogens (tertiary/aromatic N) is 2. The zero-order valence-electron chi connectivity index (χ0n) is 16.7. The van der Waals surface area contributed by atoms with Gasteiger partial charge in [0.25, 0.3) is 0 Å². The second-order valence-electron chi connectivity index (χ2n) is 8.41. The van der Waals surface area contributed by atoms with Crippen LogP contribution >= 0.6 is 0 Å². The number of carbonyl (C=O) groups excluding carboxylic acids is 1. The Hall–Kier alpha value is -1.81. The molecule has 2 fully saturated rings. The standard InChI is InChI=1S/C23H33N3O/c1-18-23(20-9-5-6-10-21(20)24-18)19-11-15-25(16-12-19)17-22(27)26-13-7-3-2-4-8-14-26/h5-6,9-10,19,24H,2-4,7-8,11-17H2,1H3. The van der Waals surface area contributed by atoms with Crippen LogP contribution in [0.25, 0.3) is 10.9 Å². The van der Waals surface area contributed by atoms with E-state index in [0.29, 0.717) is 18.4 Å². The maximum absolute atomic E-state index is 12.7. The fourth-order valence-corrected chi connectivity index (χ4v) is 4.99. The molecule has 1 amide bonds. The highest BCUT2D eigenvalue weighted by atomic mass is 16.2. The third-order valence-electron chi connectivity index (χ3n) is 6.51. The molecule has 0 radical (unpaired) electrons. The second kappa shape index (κ2) is 8.47. The van der Waals surface area contributed by atoms with Crippen molar-refractivity contribution in [1.82, 2.24) is 14.8 Å². The number of benzene rings is 1. The van der Waals surface area contributed by atoms with Crippen LogP contribution in [-0.4, -0.2) is 53.4 Å². The lowest BCUT2D eigenvalue weighted by molar-refractivity contribution is -0.133. The minimum absolute atomic E-state index is 0.346. The Bertz CT molecular complexity index is 765. The number of aromatic amines is 1. The summed E-state index contributed by atoms with van der Waals surface area (Å²) in [4.78, 5) is 20.8. The van der Waals surface area contributed by atoms with Crippen molar-refractivity contribution in [3.8, 4) is 0 Å². The van der Waals surface area contributed by atoms with Crippen molar-refractivity contribution in [2.24, 2.45) is 0 Å². The van der Waals surface area contributed by atoms with Gasteiger partial charge in [0.15, 0.2) is 0 Å². The highest BCUT2D eigenvalue weighted by Gasteiger charge is 2.26. The van der Waals surface area contributed by atoms with Gasteiger partial charge >= 0.3 is 0 Å². The summed E-state index contributed by atoms with van der Waals surface area (Å²) >= 11 is 0. The Kier molecular flexibility index (Phi) is 5.82. The maximum Gasteiger partial charge on any atom is 0.236 e. The number of carbonyl (C=O) groups is 1. The summed E-state index contributed by atoms with van der Waals surface area (Å²) in [6.45, 7) is 6.80. The lowest BCUT2D eigenvalue weighted by Crippen LogP contribution is -2.44. The van der Waals surface area contributed by atoms with Crippen molar-refractivity contribution < 1.29 is 4.79 Å². The van der Waals surface area contributed by atoms with Crippen molar-refractivity contribution in [3.63, 3.8) is 0 Å². The van der Waals surface area contributed by atoms with Gasteiger partial charge in [0.05, 0.1) is 6.54 Å². The average molecular weight is 368 g/mol. The van der Waals surface area contributed by atoms with Gasteiger partial charge in [-0.1, -0.05) is 37.5 Å². The number of aryl methyl sites for hydroxylation is 1. The van der Waals surface area contributed by atoms with Crippen LogP contribution < -0.4 is 0 Å². The summed E-state index contributed by atoms with van der Waals surface area (Å²) in [5.41, 5.74) is 4.06. The number of likely N-dealkylation sites (tertiary alicyclic amines) is 2. The van der Waals surface area contributed by atoms with E-state index in [1.807, 2.05) is 0 Å². The van der Waals surface area contributed by atoms with Crippen molar-refractivity contribution in [3.05, 3.63) is 35.5 Å². The van der Waals surface area contributed by atoms with E-state index in [0.717, 1.165) is 39.0 Å². The summed E-state index contributed by atoms with van der Waals surface area (Å²) in [5, 5.41) is 1.38. The molecule has 0 saturated carbocycles. The first-order valence-corrected chi connectivity index (χ1v) is 10.8. The molecule has 2 saturated heterocycles. The van der Waals surface area contributed by atoms with Crippen molar-refractivity contribution in [1.29, 1.82) is 0 Å². The molecule has 3 heterocycles. The SMILES string of the molecule is Cc1[nH]c2ccccc2c1C1CCN(CC(=O)N2CCCCCCC2)CC1. The quantitative estimate of drug-likeness (QED) is 0.871. The predicted octanol–water partition coefficient (Wildman–Crippen LogP) is 4.45.